The first kappa shape index (κ1) is 20.1. The van der Waals surface area contributed by atoms with Gasteiger partial charge in [-0.15, -0.1) is 0 Å². The first-order valence-electron chi connectivity index (χ1n) is 11.5. The van der Waals surface area contributed by atoms with E-state index in [0.29, 0.717) is 32.3 Å². The normalized spacial score (nSPS) is 52.3. The Morgan fingerprint density at radius 2 is 1.97 bits per heavy atom. The Hall–Kier alpha value is -1.48. The average Bonchev–Trinajstić information content (AvgIpc) is 3.58. The van der Waals surface area contributed by atoms with Crippen molar-refractivity contribution in [1.29, 1.82) is 0 Å². The zero-order valence-corrected chi connectivity index (χ0v) is 18.5. The Kier molecular flexibility index (Phi) is 3.71. The van der Waals surface area contributed by atoms with Crippen LogP contribution in [0.4, 0.5) is 0 Å². The first-order valence-corrected chi connectivity index (χ1v) is 11.5. The van der Waals surface area contributed by atoms with E-state index in [1.165, 1.54) is 0 Å². The van der Waals surface area contributed by atoms with Crippen LogP contribution in [0, 0.1) is 17.3 Å². The molecule has 31 heavy (non-hydrogen) atoms. The van der Waals surface area contributed by atoms with Crippen LogP contribution in [0.3, 0.4) is 0 Å². The van der Waals surface area contributed by atoms with Gasteiger partial charge in [0.1, 0.15) is 41.7 Å². The zero-order valence-electron chi connectivity index (χ0n) is 18.5. The number of carbonyl (C=O) groups is 2. The van der Waals surface area contributed by atoms with Crippen molar-refractivity contribution in [1.82, 2.24) is 0 Å². The third-order valence-electron chi connectivity index (χ3n) is 9.38. The molecule has 0 aromatic carbocycles. The number of fused-ring (bicyclic) bond motifs is 4. The highest BCUT2D eigenvalue weighted by Crippen LogP contribution is 2.78. The molecule has 3 aliphatic heterocycles. The summed E-state index contributed by atoms with van der Waals surface area (Å²) in [6.45, 7) is 8.12. The molecule has 0 radical (unpaired) electrons. The standard InChI is InChI=1S/C23H31NO7/c1-10(2)22-15(30-22)16-23(31-16)20(4)7-5-12-13(9-28-18(12)26)14(20)6-8-21(23,27)19(22)29-17(25)11(3)24/h10-11,14-16,19,27H,5-9,24H2,1-4H3/t11-,14-,15-,16-,19-,20-,21+,22-,23+/m0/s1. The van der Waals surface area contributed by atoms with Gasteiger partial charge >= 0.3 is 11.9 Å². The van der Waals surface area contributed by atoms with Gasteiger partial charge in [0.2, 0.25) is 0 Å². The lowest BCUT2D eigenvalue weighted by atomic mass is 9.45. The minimum absolute atomic E-state index is 0.0293. The fourth-order valence-electron chi connectivity index (χ4n) is 7.77. The van der Waals surface area contributed by atoms with Gasteiger partial charge < -0.3 is 29.8 Å². The van der Waals surface area contributed by atoms with Crippen molar-refractivity contribution in [3.63, 3.8) is 0 Å². The van der Waals surface area contributed by atoms with Crippen LogP contribution in [0.2, 0.25) is 0 Å². The lowest BCUT2D eigenvalue weighted by Gasteiger charge is -2.59. The number of ether oxygens (including phenoxy) is 4. The second-order valence-corrected chi connectivity index (χ2v) is 10.9. The zero-order chi connectivity index (χ0) is 22.1. The van der Waals surface area contributed by atoms with Crippen molar-refractivity contribution >= 4 is 11.9 Å². The Morgan fingerprint density at radius 1 is 1.23 bits per heavy atom. The molecule has 0 unspecified atom stereocenters. The Bertz CT molecular complexity index is 929. The fraction of sp³-hybridized carbons (Fsp3) is 0.826. The summed E-state index contributed by atoms with van der Waals surface area (Å²) < 4.78 is 24.0. The molecular weight excluding hydrogens is 402 g/mol. The van der Waals surface area contributed by atoms with E-state index in [-0.39, 0.29) is 30.0 Å². The molecule has 0 aromatic rings. The van der Waals surface area contributed by atoms with Crippen molar-refractivity contribution < 1.29 is 33.6 Å². The molecule has 3 aliphatic carbocycles. The maximum atomic E-state index is 12.6. The summed E-state index contributed by atoms with van der Waals surface area (Å²) in [4.78, 5) is 24.8. The summed E-state index contributed by atoms with van der Waals surface area (Å²) in [6.07, 6.45) is 1.06. The highest BCUT2D eigenvalue weighted by atomic mass is 16.7. The van der Waals surface area contributed by atoms with Crippen molar-refractivity contribution in [2.24, 2.45) is 23.0 Å². The van der Waals surface area contributed by atoms with E-state index >= 15 is 0 Å². The molecule has 8 nitrogen and oxygen atoms in total. The van der Waals surface area contributed by atoms with Crippen LogP contribution in [0.25, 0.3) is 0 Å². The molecular formula is C23H31NO7. The summed E-state index contributed by atoms with van der Waals surface area (Å²) in [5, 5.41) is 12.4. The van der Waals surface area contributed by atoms with E-state index in [0.717, 1.165) is 11.1 Å². The highest BCUT2D eigenvalue weighted by Gasteiger charge is 2.94. The van der Waals surface area contributed by atoms with Crippen molar-refractivity contribution in [2.45, 2.75) is 94.5 Å². The molecule has 3 heterocycles. The van der Waals surface area contributed by atoms with Crippen molar-refractivity contribution in [3.05, 3.63) is 11.1 Å². The van der Waals surface area contributed by atoms with Gasteiger partial charge in [-0.25, -0.2) is 4.79 Å². The number of aliphatic hydroxyl groups is 1. The van der Waals surface area contributed by atoms with Gasteiger partial charge in [0.05, 0.1) is 0 Å². The van der Waals surface area contributed by atoms with Gasteiger partial charge in [0.15, 0.2) is 6.10 Å². The molecule has 6 aliphatic rings. The van der Waals surface area contributed by atoms with Crippen LogP contribution >= 0.6 is 0 Å². The van der Waals surface area contributed by atoms with Gasteiger partial charge in [-0.1, -0.05) is 20.8 Å². The summed E-state index contributed by atoms with van der Waals surface area (Å²) in [5.41, 5.74) is 4.23. The molecule has 3 N–H and O–H groups in total. The van der Waals surface area contributed by atoms with Gasteiger partial charge in [-0.2, -0.15) is 0 Å². The van der Waals surface area contributed by atoms with Crippen LogP contribution in [0.1, 0.15) is 53.4 Å². The van der Waals surface area contributed by atoms with Crippen LogP contribution in [-0.4, -0.2) is 64.8 Å². The maximum absolute atomic E-state index is 12.6. The molecule has 9 atom stereocenters. The number of hydrogen-bond acceptors (Lipinski definition) is 8. The minimum Gasteiger partial charge on any atom is -0.458 e. The summed E-state index contributed by atoms with van der Waals surface area (Å²) >= 11 is 0. The molecule has 0 aromatic heterocycles. The van der Waals surface area contributed by atoms with Gasteiger partial charge in [-0.05, 0) is 50.0 Å². The van der Waals surface area contributed by atoms with Gasteiger partial charge in [0.25, 0.3) is 0 Å². The lowest BCUT2D eigenvalue weighted by molar-refractivity contribution is -0.231. The van der Waals surface area contributed by atoms with E-state index in [9.17, 15) is 14.7 Å². The number of epoxide rings is 2. The number of esters is 2. The summed E-state index contributed by atoms with van der Waals surface area (Å²) in [6, 6.07) is -0.797. The topological polar surface area (TPSA) is 124 Å². The predicted octanol–water partition coefficient (Wildman–Crippen LogP) is 0.985. The third kappa shape index (κ3) is 2.03. The quantitative estimate of drug-likeness (QED) is 0.499. The van der Waals surface area contributed by atoms with Crippen molar-refractivity contribution in [3.8, 4) is 0 Å². The predicted molar refractivity (Wildman–Crippen MR) is 107 cm³/mol. The first-order chi connectivity index (χ1) is 14.5. The van der Waals surface area contributed by atoms with E-state index in [4.69, 9.17) is 24.7 Å². The minimum atomic E-state index is -1.38. The van der Waals surface area contributed by atoms with Crippen LogP contribution in [-0.2, 0) is 28.5 Å². The average molecular weight is 434 g/mol. The molecule has 6 rings (SSSR count). The Labute approximate surface area is 181 Å². The largest absolute Gasteiger partial charge is 0.458 e. The van der Waals surface area contributed by atoms with Crippen LogP contribution in [0.15, 0.2) is 11.1 Å². The number of carbonyl (C=O) groups excluding carboxylic acids is 2. The Morgan fingerprint density at radius 3 is 2.65 bits per heavy atom. The van der Waals surface area contributed by atoms with E-state index < -0.39 is 40.3 Å². The monoisotopic (exact) mass is 433 g/mol. The number of nitrogens with two attached hydrogens (primary N) is 1. The SMILES string of the molecule is CC(C)[C@]12O[C@H]1[C@@H]1O[C@@]13[C@@]1(C)CCC4=C(COC4=O)[C@@H]1CC[C@@]3(O)[C@@H]2OC(=O)[C@H](C)N. The molecule has 4 fully saturated rings. The molecule has 0 bridgehead atoms. The van der Waals surface area contributed by atoms with Gasteiger partial charge in [0, 0.05) is 11.0 Å². The molecule has 1 spiro atoms. The van der Waals surface area contributed by atoms with E-state index in [2.05, 4.69) is 6.92 Å². The second kappa shape index (κ2) is 5.71. The number of rotatable bonds is 3. The number of cyclic esters (lactones) is 1. The number of hydrogen-bond donors (Lipinski definition) is 2. The molecule has 2 saturated carbocycles. The van der Waals surface area contributed by atoms with Crippen molar-refractivity contribution in [2.75, 3.05) is 6.61 Å². The van der Waals surface area contributed by atoms with E-state index in [1.807, 2.05) is 13.8 Å². The second-order valence-electron chi connectivity index (χ2n) is 10.9. The lowest BCUT2D eigenvalue weighted by Crippen LogP contribution is -2.74. The smallest absolute Gasteiger partial charge is 0.334 e. The third-order valence-corrected chi connectivity index (χ3v) is 9.38. The fourth-order valence-corrected chi connectivity index (χ4v) is 7.77. The molecule has 0 amide bonds. The maximum Gasteiger partial charge on any atom is 0.334 e. The van der Waals surface area contributed by atoms with Crippen LogP contribution in [0.5, 0.6) is 0 Å². The summed E-state index contributed by atoms with van der Waals surface area (Å²) in [7, 11) is 0. The highest BCUT2D eigenvalue weighted by molar-refractivity contribution is 5.92. The Balaban J connectivity index is 1.46. The van der Waals surface area contributed by atoms with Gasteiger partial charge in [-0.3, -0.25) is 4.79 Å². The molecule has 170 valence electrons. The van der Waals surface area contributed by atoms with Crippen LogP contribution < -0.4 is 5.73 Å². The molecule has 2 saturated heterocycles. The summed E-state index contributed by atoms with van der Waals surface area (Å²) in [5.74, 6) is -0.636. The van der Waals surface area contributed by atoms with E-state index in [1.54, 1.807) is 6.92 Å². The molecule has 8 heteroatoms.